The van der Waals surface area contributed by atoms with Crippen molar-refractivity contribution in [2.45, 2.75) is 45.1 Å². The Morgan fingerprint density at radius 1 is 0.913 bits per heavy atom. The van der Waals surface area contributed by atoms with Gasteiger partial charge in [-0.1, -0.05) is 60.7 Å². The Hall–Kier alpha value is -2.09. The molecule has 0 spiro atoms. The molecule has 0 radical (unpaired) electrons. The van der Waals surface area contributed by atoms with Crippen molar-refractivity contribution >= 4 is 5.97 Å². The molecule has 1 atom stereocenters. The third kappa shape index (κ3) is 2.56. The van der Waals surface area contributed by atoms with Crippen LogP contribution in [0.25, 0.3) is 0 Å². The van der Waals surface area contributed by atoms with Gasteiger partial charge in [0.05, 0.1) is 5.41 Å². The number of ether oxygens (including phenoxy) is 1. The molecule has 120 valence electrons. The van der Waals surface area contributed by atoms with Gasteiger partial charge in [0, 0.05) is 5.41 Å². The minimum absolute atomic E-state index is 0.113. The fourth-order valence-electron chi connectivity index (χ4n) is 3.58. The maximum atomic E-state index is 12.9. The lowest BCUT2D eigenvalue weighted by Gasteiger charge is -2.27. The largest absolute Gasteiger partial charge is 0.460 e. The van der Waals surface area contributed by atoms with E-state index in [1.807, 2.05) is 64.1 Å². The van der Waals surface area contributed by atoms with Crippen LogP contribution < -0.4 is 0 Å². The predicted octanol–water partition coefficient (Wildman–Crippen LogP) is 4.72. The fraction of sp³-hybridized carbons (Fsp3) is 0.381. The van der Waals surface area contributed by atoms with E-state index in [9.17, 15) is 4.79 Å². The van der Waals surface area contributed by atoms with Crippen LogP contribution >= 0.6 is 0 Å². The number of rotatable bonds is 3. The summed E-state index contributed by atoms with van der Waals surface area (Å²) in [7, 11) is 0. The maximum absolute atomic E-state index is 12.9. The van der Waals surface area contributed by atoms with Crippen LogP contribution in [0.5, 0.6) is 0 Å². The molecule has 2 aromatic carbocycles. The van der Waals surface area contributed by atoms with Crippen molar-refractivity contribution in [3.63, 3.8) is 0 Å². The first-order chi connectivity index (χ1) is 10.8. The quantitative estimate of drug-likeness (QED) is 0.767. The summed E-state index contributed by atoms with van der Waals surface area (Å²) in [6.07, 6.45) is 0.781. The first kappa shape index (κ1) is 15.8. The molecular formula is C21H24O2. The molecule has 0 aromatic heterocycles. The molecule has 0 amide bonds. The standard InChI is InChI=1S/C21H24O2/c1-19(2,3)23-18(22)20(4)15-21(20,16-11-7-5-8-12-16)17-13-9-6-10-14-17/h5-14H,15H2,1-4H3. The van der Waals surface area contributed by atoms with Crippen LogP contribution in [0.15, 0.2) is 60.7 Å². The zero-order valence-corrected chi connectivity index (χ0v) is 14.3. The highest BCUT2D eigenvalue weighted by Crippen LogP contribution is 2.68. The first-order valence-electron chi connectivity index (χ1n) is 8.14. The smallest absolute Gasteiger partial charge is 0.313 e. The van der Waals surface area contributed by atoms with Crippen LogP contribution in [0.3, 0.4) is 0 Å². The summed E-state index contributed by atoms with van der Waals surface area (Å²) in [5.74, 6) is -0.113. The summed E-state index contributed by atoms with van der Waals surface area (Å²) in [5, 5.41) is 0. The molecule has 1 saturated carbocycles. The van der Waals surface area contributed by atoms with Crippen LogP contribution in [0.2, 0.25) is 0 Å². The molecule has 0 N–H and O–H groups in total. The second-order valence-corrected chi connectivity index (χ2v) is 7.65. The summed E-state index contributed by atoms with van der Waals surface area (Å²) in [6, 6.07) is 20.6. The number of benzene rings is 2. The van der Waals surface area contributed by atoms with Gasteiger partial charge in [0.15, 0.2) is 0 Å². The number of hydrogen-bond donors (Lipinski definition) is 0. The van der Waals surface area contributed by atoms with E-state index in [4.69, 9.17) is 4.74 Å². The molecule has 0 heterocycles. The number of esters is 1. The van der Waals surface area contributed by atoms with E-state index in [2.05, 4.69) is 24.3 Å². The van der Waals surface area contributed by atoms with Gasteiger partial charge in [-0.25, -0.2) is 0 Å². The van der Waals surface area contributed by atoms with Gasteiger partial charge in [0.25, 0.3) is 0 Å². The molecule has 3 rings (SSSR count). The molecule has 0 saturated heterocycles. The Balaban J connectivity index is 2.06. The summed E-state index contributed by atoms with van der Waals surface area (Å²) in [5.41, 5.74) is 1.07. The predicted molar refractivity (Wildman–Crippen MR) is 92.2 cm³/mol. The Bertz CT molecular complexity index is 658. The molecular weight excluding hydrogens is 284 g/mol. The lowest BCUT2D eigenvalue weighted by molar-refractivity contribution is -0.161. The lowest BCUT2D eigenvalue weighted by atomic mass is 9.81. The van der Waals surface area contributed by atoms with E-state index in [-0.39, 0.29) is 11.4 Å². The second kappa shape index (κ2) is 5.23. The summed E-state index contributed by atoms with van der Waals surface area (Å²) in [6.45, 7) is 7.79. The zero-order chi connectivity index (χ0) is 16.7. The van der Waals surface area contributed by atoms with Crippen molar-refractivity contribution in [1.29, 1.82) is 0 Å². The monoisotopic (exact) mass is 308 g/mol. The van der Waals surface area contributed by atoms with Crippen molar-refractivity contribution in [3.8, 4) is 0 Å². The van der Waals surface area contributed by atoms with Crippen molar-refractivity contribution < 1.29 is 9.53 Å². The molecule has 2 aromatic rings. The Morgan fingerprint density at radius 3 is 1.74 bits per heavy atom. The third-order valence-electron chi connectivity index (χ3n) is 4.82. The second-order valence-electron chi connectivity index (χ2n) is 7.65. The Kier molecular flexibility index (Phi) is 3.59. The van der Waals surface area contributed by atoms with E-state index < -0.39 is 11.0 Å². The first-order valence-corrected chi connectivity index (χ1v) is 8.14. The van der Waals surface area contributed by atoms with Gasteiger partial charge in [0.1, 0.15) is 5.60 Å². The van der Waals surface area contributed by atoms with E-state index in [1.165, 1.54) is 11.1 Å². The summed E-state index contributed by atoms with van der Waals surface area (Å²) < 4.78 is 5.72. The minimum Gasteiger partial charge on any atom is -0.460 e. The molecule has 1 aliphatic rings. The molecule has 2 nitrogen and oxygen atoms in total. The van der Waals surface area contributed by atoms with Gasteiger partial charge in [-0.05, 0) is 45.2 Å². The highest BCUT2D eigenvalue weighted by atomic mass is 16.6. The maximum Gasteiger partial charge on any atom is 0.313 e. The number of carbonyl (C=O) groups is 1. The molecule has 2 heteroatoms. The molecule has 0 bridgehead atoms. The van der Waals surface area contributed by atoms with E-state index in [0.717, 1.165) is 6.42 Å². The molecule has 0 aliphatic heterocycles. The van der Waals surface area contributed by atoms with E-state index >= 15 is 0 Å². The Labute approximate surface area is 138 Å². The number of hydrogen-bond acceptors (Lipinski definition) is 2. The summed E-state index contributed by atoms with van der Waals surface area (Å²) >= 11 is 0. The normalized spacial score (nSPS) is 22.4. The molecule has 1 unspecified atom stereocenters. The molecule has 23 heavy (non-hydrogen) atoms. The fourth-order valence-corrected chi connectivity index (χ4v) is 3.58. The number of carbonyl (C=O) groups excluding carboxylic acids is 1. The molecule has 1 aliphatic carbocycles. The van der Waals surface area contributed by atoms with Crippen LogP contribution in [0, 0.1) is 5.41 Å². The topological polar surface area (TPSA) is 26.3 Å². The van der Waals surface area contributed by atoms with E-state index in [1.54, 1.807) is 0 Å². The van der Waals surface area contributed by atoms with Crippen molar-refractivity contribution in [1.82, 2.24) is 0 Å². The molecule has 1 fully saturated rings. The lowest BCUT2D eigenvalue weighted by Crippen LogP contribution is -2.33. The van der Waals surface area contributed by atoms with Crippen molar-refractivity contribution in [2.24, 2.45) is 5.41 Å². The highest BCUT2D eigenvalue weighted by molar-refractivity contribution is 5.86. The van der Waals surface area contributed by atoms with Crippen LogP contribution in [0.1, 0.15) is 45.2 Å². The SMILES string of the molecule is CC(C)(C)OC(=O)C1(C)CC1(c1ccccc1)c1ccccc1. The zero-order valence-electron chi connectivity index (χ0n) is 14.3. The summed E-state index contributed by atoms with van der Waals surface area (Å²) in [4.78, 5) is 12.9. The van der Waals surface area contributed by atoms with Gasteiger partial charge in [0.2, 0.25) is 0 Å². The van der Waals surface area contributed by atoms with E-state index in [0.29, 0.717) is 0 Å². The van der Waals surface area contributed by atoms with Gasteiger partial charge < -0.3 is 4.74 Å². The van der Waals surface area contributed by atoms with Gasteiger partial charge in [-0.2, -0.15) is 0 Å². The van der Waals surface area contributed by atoms with Crippen molar-refractivity contribution in [2.75, 3.05) is 0 Å². The van der Waals surface area contributed by atoms with Gasteiger partial charge >= 0.3 is 5.97 Å². The van der Waals surface area contributed by atoms with Crippen LogP contribution in [-0.2, 0) is 14.9 Å². The van der Waals surface area contributed by atoms with Crippen LogP contribution in [0.4, 0.5) is 0 Å². The van der Waals surface area contributed by atoms with Gasteiger partial charge in [-0.15, -0.1) is 0 Å². The average molecular weight is 308 g/mol. The Morgan fingerprint density at radius 2 is 1.35 bits per heavy atom. The highest BCUT2D eigenvalue weighted by Gasteiger charge is 2.71. The third-order valence-corrected chi connectivity index (χ3v) is 4.82. The van der Waals surface area contributed by atoms with Crippen LogP contribution in [-0.4, -0.2) is 11.6 Å². The minimum atomic E-state index is -0.525. The van der Waals surface area contributed by atoms with Crippen molar-refractivity contribution in [3.05, 3.63) is 71.8 Å². The van der Waals surface area contributed by atoms with Gasteiger partial charge in [-0.3, -0.25) is 4.79 Å². The average Bonchev–Trinajstić information content (AvgIpc) is 3.17.